The second-order valence-electron chi connectivity index (χ2n) is 7.64. The molecule has 158 valence electrons. The molecule has 0 unspecified atom stereocenters. The third-order valence-electron chi connectivity index (χ3n) is 5.61. The molecule has 2 aromatic rings. The molecule has 0 bridgehead atoms. The molecule has 0 aromatic heterocycles. The maximum atomic E-state index is 12.6. The molecule has 4 rings (SSSR count). The zero-order valence-corrected chi connectivity index (χ0v) is 17.5. The Morgan fingerprint density at radius 1 is 1.17 bits per heavy atom. The number of cyclic esters (lactones) is 1. The summed E-state index contributed by atoms with van der Waals surface area (Å²) in [4.78, 5) is 26.0. The molecule has 2 aliphatic rings. The van der Waals surface area contributed by atoms with E-state index >= 15 is 0 Å². The van der Waals surface area contributed by atoms with Gasteiger partial charge in [-0.3, -0.25) is 9.69 Å². The van der Waals surface area contributed by atoms with Gasteiger partial charge in [0.2, 0.25) is 0 Å². The van der Waals surface area contributed by atoms with Crippen LogP contribution in [0.4, 0.5) is 16.2 Å². The SMILES string of the molecule is O=C(COc1ccc(Cl)cc1C1CCCCC1)Nc1ccccc1N1CCOC1=O. The first-order chi connectivity index (χ1) is 14.6. The van der Waals surface area contributed by atoms with E-state index in [4.69, 9.17) is 21.1 Å². The minimum Gasteiger partial charge on any atom is -0.483 e. The molecule has 2 fully saturated rings. The predicted octanol–water partition coefficient (Wildman–Crippen LogP) is 5.36. The van der Waals surface area contributed by atoms with Crippen molar-refractivity contribution in [3.63, 3.8) is 0 Å². The van der Waals surface area contributed by atoms with Crippen molar-refractivity contribution in [2.24, 2.45) is 0 Å². The summed E-state index contributed by atoms with van der Waals surface area (Å²) in [5.74, 6) is 0.829. The molecule has 1 N–H and O–H groups in total. The fourth-order valence-corrected chi connectivity index (χ4v) is 4.32. The van der Waals surface area contributed by atoms with Crippen molar-refractivity contribution in [3.8, 4) is 5.75 Å². The van der Waals surface area contributed by atoms with Gasteiger partial charge in [-0.15, -0.1) is 0 Å². The number of anilines is 2. The number of carbonyl (C=O) groups excluding carboxylic acids is 2. The highest BCUT2D eigenvalue weighted by molar-refractivity contribution is 6.30. The van der Waals surface area contributed by atoms with Crippen LogP contribution in [0.1, 0.15) is 43.6 Å². The minimum absolute atomic E-state index is 0.125. The monoisotopic (exact) mass is 428 g/mol. The lowest BCUT2D eigenvalue weighted by atomic mass is 9.84. The van der Waals surface area contributed by atoms with E-state index in [1.165, 1.54) is 24.2 Å². The zero-order chi connectivity index (χ0) is 20.9. The summed E-state index contributed by atoms with van der Waals surface area (Å²) >= 11 is 6.22. The molecule has 1 aliphatic carbocycles. The van der Waals surface area contributed by atoms with E-state index in [-0.39, 0.29) is 12.5 Å². The summed E-state index contributed by atoms with van der Waals surface area (Å²) in [7, 11) is 0. The fraction of sp³-hybridized carbons (Fsp3) is 0.391. The molecule has 2 aromatic carbocycles. The Kier molecular flexibility index (Phi) is 6.43. The van der Waals surface area contributed by atoms with Gasteiger partial charge >= 0.3 is 6.09 Å². The quantitative estimate of drug-likeness (QED) is 0.672. The third-order valence-corrected chi connectivity index (χ3v) is 5.84. The van der Waals surface area contributed by atoms with Crippen molar-refractivity contribution < 1.29 is 19.1 Å². The summed E-state index contributed by atoms with van der Waals surface area (Å²) < 4.78 is 10.9. The molecule has 0 spiro atoms. The van der Waals surface area contributed by atoms with Crippen LogP contribution in [0, 0.1) is 0 Å². The summed E-state index contributed by atoms with van der Waals surface area (Å²) in [6, 6.07) is 12.7. The number of carbonyl (C=O) groups is 2. The molecule has 1 saturated heterocycles. The minimum atomic E-state index is -0.411. The Morgan fingerprint density at radius 2 is 1.97 bits per heavy atom. The van der Waals surface area contributed by atoms with Crippen LogP contribution < -0.4 is 15.0 Å². The average molecular weight is 429 g/mol. The number of para-hydroxylation sites is 2. The maximum Gasteiger partial charge on any atom is 0.414 e. The highest BCUT2D eigenvalue weighted by Crippen LogP contribution is 2.38. The van der Waals surface area contributed by atoms with E-state index in [0.717, 1.165) is 18.4 Å². The van der Waals surface area contributed by atoms with E-state index < -0.39 is 6.09 Å². The Morgan fingerprint density at radius 3 is 2.73 bits per heavy atom. The van der Waals surface area contributed by atoms with Crippen molar-refractivity contribution in [2.75, 3.05) is 30.0 Å². The zero-order valence-electron chi connectivity index (χ0n) is 16.7. The average Bonchev–Trinajstić information content (AvgIpc) is 3.19. The van der Waals surface area contributed by atoms with E-state index in [2.05, 4.69) is 5.32 Å². The van der Waals surface area contributed by atoms with Gasteiger partial charge in [-0.25, -0.2) is 4.79 Å². The normalized spacial score (nSPS) is 17.0. The van der Waals surface area contributed by atoms with Crippen molar-refractivity contribution in [1.29, 1.82) is 0 Å². The summed E-state index contributed by atoms with van der Waals surface area (Å²) in [5, 5.41) is 3.53. The Balaban J connectivity index is 1.43. The standard InChI is InChI=1S/C23H25ClN2O4/c24-17-10-11-21(18(14-17)16-6-2-1-3-7-16)30-15-22(27)25-19-8-4-5-9-20(19)26-12-13-29-23(26)28/h4-5,8-11,14,16H,1-3,6-7,12-13,15H2,(H,25,27). The Labute approximate surface area is 181 Å². The number of hydrogen-bond donors (Lipinski definition) is 1. The number of nitrogens with one attached hydrogen (secondary N) is 1. The first kappa shape index (κ1) is 20.5. The molecule has 0 radical (unpaired) electrons. The van der Waals surface area contributed by atoms with Gasteiger partial charge < -0.3 is 14.8 Å². The van der Waals surface area contributed by atoms with Crippen LogP contribution >= 0.6 is 11.6 Å². The number of amides is 2. The number of nitrogens with zero attached hydrogens (tertiary/aromatic N) is 1. The molecule has 1 aliphatic heterocycles. The molecule has 1 saturated carbocycles. The summed E-state index contributed by atoms with van der Waals surface area (Å²) in [5.41, 5.74) is 2.24. The number of rotatable bonds is 6. The van der Waals surface area contributed by atoms with E-state index in [1.54, 1.807) is 18.2 Å². The highest BCUT2D eigenvalue weighted by Gasteiger charge is 2.26. The van der Waals surface area contributed by atoms with Crippen LogP contribution in [0.2, 0.25) is 5.02 Å². The van der Waals surface area contributed by atoms with Crippen molar-refractivity contribution in [1.82, 2.24) is 0 Å². The van der Waals surface area contributed by atoms with Gasteiger partial charge in [0.15, 0.2) is 6.61 Å². The van der Waals surface area contributed by atoms with Gasteiger partial charge in [-0.05, 0) is 54.7 Å². The van der Waals surface area contributed by atoms with Crippen molar-refractivity contribution in [2.45, 2.75) is 38.0 Å². The lowest BCUT2D eigenvalue weighted by molar-refractivity contribution is -0.118. The predicted molar refractivity (Wildman–Crippen MR) is 117 cm³/mol. The van der Waals surface area contributed by atoms with Crippen LogP contribution in [-0.4, -0.2) is 31.8 Å². The molecule has 2 amide bonds. The molecule has 0 atom stereocenters. The second kappa shape index (κ2) is 9.39. The van der Waals surface area contributed by atoms with Crippen LogP contribution in [0.25, 0.3) is 0 Å². The molecule has 6 nitrogen and oxygen atoms in total. The van der Waals surface area contributed by atoms with Crippen LogP contribution in [0.3, 0.4) is 0 Å². The third kappa shape index (κ3) is 4.70. The lowest BCUT2D eigenvalue weighted by Crippen LogP contribution is -2.26. The maximum absolute atomic E-state index is 12.6. The molecule has 7 heteroatoms. The van der Waals surface area contributed by atoms with Crippen LogP contribution in [0.15, 0.2) is 42.5 Å². The highest BCUT2D eigenvalue weighted by atomic mass is 35.5. The van der Waals surface area contributed by atoms with E-state index in [1.807, 2.05) is 24.3 Å². The van der Waals surface area contributed by atoms with Crippen molar-refractivity contribution in [3.05, 3.63) is 53.1 Å². The van der Waals surface area contributed by atoms with Gasteiger partial charge in [0.05, 0.1) is 17.9 Å². The second-order valence-corrected chi connectivity index (χ2v) is 8.07. The molecule has 30 heavy (non-hydrogen) atoms. The first-order valence-electron chi connectivity index (χ1n) is 10.4. The van der Waals surface area contributed by atoms with Crippen molar-refractivity contribution >= 4 is 35.0 Å². The van der Waals surface area contributed by atoms with E-state index in [0.29, 0.717) is 41.2 Å². The van der Waals surface area contributed by atoms with Gasteiger partial charge in [-0.2, -0.15) is 0 Å². The fourth-order valence-electron chi connectivity index (χ4n) is 4.14. The topological polar surface area (TPSA) is 67.9 Å². The Bertz CT molecular complexity index is 927. The van der Waals surface area contributed by atoms with Crippen LogP contribution in [-0.2, 0) is 9.53 Å². The Hall–Kier alpha value is -2.73. The molecular weight excluding hydrogens is 404 g/mol. The molecular formula is C23H25ClN2O4. The summed E-state index contributed by atoms with van der Waals surface area (Å²) in [6.45, 7) is 0.669. The number of ether oxygens (including phenoxy) is 2. The van der Waals surface area contributed by atoms with E-state index in [9.17, 15) is 9.59 Å². The summed E-state index contributed by atoms with van der Waals surface area (Å²) in [6.07, 6.45) is 5.48. The van der Waals surface area contributed by atoms with Gasteiger partial charge in [0.1, 0.15) is 12.4 Å². The smallest absolute Gasteiger partial charge is 0.414 e. The van der Waals surface area contributed by atoms with Crippen LogP contribution in [0.5, 0.6) is 5.75 Å². The number of benzene rings is 2. The lowest BCUT2D eigenvalue weighted by Gasteiger charge is -2.24. The largest absolute Gasteiger partial charge is 0.483 e. The molecule has 1 heterocycles. The van der Waals surface area contributed by atoms with Gasteiger partial charge in [0, 0.05) is 5.02 Å². The van der Waals surface area contributed by atoms with Gasteiger partial charge in [-0.1, -0.05) is 43.0 Å². The first-order valence-corrected chi connectivity index (χ1v) is 10.7. The van der Waals surface area contributed by atoms with Gasteiger partial charge in [0.25, 0.3) is 5.91 Å². The number of halogens is 1. The number of hydrogen-bond acceptors (Lipinski definition) is 4.